The highest BCUT2D eigenvalue weighted by atomic mass is 35.5. The number of rotatable bonds is 6. The second-order valence-electron chi connectivity index (χ2n) is 5.80. The summed E-state index contributed by atoms with van der Waals surface area (Å²) in [5.74, 6) is 1.20. The van der Waals surface area contributed by atoms with Crippen molar-refractivity contribution in [1.29, 1.82) is 0 Å². The lowest BCUT2D eigenvalue weighted by atomic mass is 10.2. The van der Waals surface area contributed by atoms with Crippen LogP contribution >= 0.6 is 22.9 Å². The quantitative estimate of drug-likeness (QED) is 0.816. The number of amides is 1. The van der Waals surface area contributed by atoms with Crippen LogP contribution in [0.1, 0.15) is 23.8 Å². The third-order valence-electron chi connectivity index (χ3n) is 4.35. The number of thiophene rings is 1. The van der Waals surface area contributed by atoms with E-state index in [2.05, 4.69) is 16.8 Å². The molecule has 0 bridgehead atoms. The lowest BCUT2D eigenvalue weighted by Crippen LogP contribution is -2.34. The van der Waals surface area contributed by atoms with Gasteiger partial charge < -0.3 is 19.7 Å². The molecule has 0 saturated carbocycles. The standard InChI is InChI=1S/C18H21ClN2O3S/c1-23-15-9-12(19)13(10-16(15)24-2)20-11-18(22)21-7-3-5-14(21)17-6-4-8-25-17/h4,6,8-10,14,20H,3,5,7,11H2,1-2H3. The van der Waals surface area contributed by atoms with E-state index in [0.29, 0.717) is 22.2 Å². The molecule has 1 saturated heterocycles. The summed E-state index contributed by atoms with van der Waals surface area (Å²) in [4.78, 5) is 15.9. The van der Waals surface area contributed by atoms with E-state index in [1.165, 1.54) is 4.88 Å². The number of nitrogens with zero attached hydrogens (tertiary/aromatic N) is 1. The molecule has 1 N–H and O–H groups in total. The first kappa shape index (κ1) is 17.9. The van der Waals surface area contributed by atoms with Crippen molar-refractivity contribution in [3.63, 3.8) is 0 Å². The van der Waals surface area contributed by atoms with Crippen LogP contribution in [0.25, 0.3) is 0 Å². The van der Waals surface area contributed by atoms with Crippen LogP contribution in [-0.4, -0.2) is 38.1 Å². The smallest absolute Gasteiger partial charge is 0.242 e. The molecule has 1 aromatic carbocycles. The first-order valence-electron chi connectivity index (χ1n) is 8.12. The lowest BCUT2D eigenvalue weighted by Gasteiger charge is -2.24. The number of likely N-dealkylation sites (tertiary alicyclic amines) is 1. The van der Waals surface area contributed by atoms with Crippen molar-refractivity contribution in [2.24, 2.45) is 0 Å². The van der Waals surface area contributed by atoms with E-state index in [-0.39, 0.29) is 18.5 Å². The van der Waals surface area contributed by atoms with Gasteiger partial charge in [0.05, 0.1) is 37.5 Å². The van der Waals surface area contributed by atoms with Crippen molar-refractivity contribution >= 4 is 34.5 Å². The van der Waals surface area contributed by atoms with E-state index in [1.54, 1.807) is 37.7 Å². The molecule has 5 nitrogen and oxygen atoms in total. The molecule has 0 radical (unpaired) electrons. The zero-order valence-corrected chi connectivity index (χ0v) is 15.8. The summed E-state index contributed by atoms with van der Waals surface area (Å²) >= 11 is 7.97. The molecule has 0 spiro atoms. The first-order chi connectivity index (χ1) is 12.1. The molecule has 1 aromatic heterocycles. The van der Waals surface area contributed by atoms with E-state index in [4.69, 9.17) is 21.1 Å². The van der Waals surface area contributed by atoms with Crippen LogP contribution in [0, 0.1) is 0 Å². The summed E-state index contributed by atoms with van der Waals surface area (Å²) < 4.78 is 10.5. The van der Waals surface area contributed by atoms with Crippen LogP contribution in [0.15, 0.2) is 29.6 Å². The van der Waals surface area contributed by atoms with Gasteiger partial charge in [0.25, 0.3) is 0 Å². The van der Waals surface area contributed by atoms with Crippen molar-refractivity contribution in [3.8, 4) is 11.5 Å². The molecular weight excluding hydrogens is 360 g/mol. The maximum atomic E-state index is 12.7. The van der Waals surface area contributed by atoms with Gasteiger partial charge >= 0.3 is 0 Å². The Hall–Kier alpha value is -1.92. The van der Waals surface area contributed by atoms with Gasteiger partial charge in [-0.3, -0.25) is 4.79 Å². The molecule has 1 fully saturated rings. The van der Waals surface area contributed by atoms with Gasteiger partial charge in [-0.1, -0.05) is 17.7 Å². The molecular formula is C18H21ClN2O3S. The van der Waals surface area contributed by atoms with E-state index >= 15 is 0 Å². The second-order valence-corrected chi connectivity index (χ2v) is 7.19. The van der Waals surface area contributed by atoms with Gasteiger partial charge in [-0.2, -0.15) is 0 Å². The highest BCUT2D eigenvalue weighted by Crippen LogP contribution is 2.37. The summed E-state index contributed by atoms with van der Waals surface area (Å²) in [6.07, 6.45) is 2.05. The normalized spacial score (nSPS) is 16.8. The van der Waals surface area contributed by atoms with Crippen LogP contribution < -0.4 is 14.8 Å². The summed E-state index contributed by atoms with van der Waals surface area (Å²) in [7, 11) is 3.12. The van der Waals surface area contributed by atoms with E-state index < -0.39 is 0 Å². The Labute approximate surface area is 156 Å². The number of halogens is 1. The number of hydrogen-bond acceptors (Lipinski definition) is 5. The highest BCUT2D eigenvalue weighted by molar-refractivity contribution is 7.10. The monoisotopic (exact) mass is 380 g/mol. The minimum absolute atomic E-state index is 0.0711. The number of carbonyl (C=O) groups excluding carboxylic acids is 1. The predicted octanol–water partition coefficient (Wildman–Crippen LogP) is 4.19. The predicted molar refractivity (Wildman–Crippen MR) is 101 cm³/mol. The zero-order chi connectivity index (χ0) is 17.8. The third kappa shape index (κ3) is 3.85. The highest BCUT2D eigenvalue weighted by Gasteiger charge is 2.30. The summed E-state index contributed by atoms with van der Waals surface area (Å²) in [5.41, 5.74) is 0.652. The van der Waals surface area contributed by atoms with E-state index in [0.717, 1.165) is 19.4 Å². The summed E-state index contributed by atoms with van der Waals surface area (Å²) in [6, 6.07) is 7.74. The van der Waals surface area contributed by atoms with E-state index in [9.17, 15) is 4.79 Å². The number of ether oxygens (including phenoxy) is 2. The Morgan fingerprint density at radius 2 is 2.12 bits per heavy atom. The number of methoxy groups -OCH3 is 2. The number of anilines is 1. The third-order valence-corrected chi connectivity index (χ3v) is 5.63. The Morgan fingerprint density at radius 1 is 1.36 bits per heavy atom. The van der Waals surface area contributed by atoms with Crippen molar-refractivity contribution in [2.45, 2.75) is 18.9 Å². The molecule has 1 unspecified atom stereocenters. The molecule has 2 heterocycles. The molecule has 0 aliphatic carbocycles. The number of benzene rings is 1. The minimum atomic E-state index is 0.0711. The fraction of sp³-hybridized carbons (Fsp3) is 0.389. The second kappa shape index (κ2) is 7.97. The van der Waals surface area contributed by atoms with Crippen LogP contribution in [0.5, 0.6) is 11.5 Å². The average Bonchev–Trinajstić information content (AvgIpc) is 3.30. The fourth-order valence-electron chi connectivity index (χ4n) is 3.10. The van der Waals surface area contributed by atoms with Gasteiger partial charge in [0.15, 0.2) is 11.5 Å². The van der Waals surface area contributed by atoms with Crippen LogP contribution in [0.4, 0.5) is 5.69 Å². The molecule has 1 aliphatic rings. The molecule has 2 aromatic rings. The van der Waals surface area contributed by atoms with E-state index in [1.807, 2.05) is 11.0 Å². The van der Waals surface area contributed by atoms with Crippen LogP contribution in [0.2, 0.25) is 5.02 Å². The molecule has 1 atom stereocenters. The SMILES string of the molecule is COc1cc(Cl)c(NCC(=O)N2CCCC2c2cccs2)cc1OC. The van der Waals surface area contributed by atoms with Crippen LogP contribution in [-0.2, 0) is 4.79 Å². The molecule has 1 aliphatic heterocycles. The van der Waals surface area contributed by atoms with Gasteiger partial charge in [0.1, 0.15) is 0 Å². The zero-order valence-electron chi connectivity index (χ0n) is 14.3. The Balaban J connectivity index is 1.68. The van der Waals surface area contributed by atoms with Crippen molar-refractivity contribution in [1.82, 2.24) is 4.90 Å². The number of carbonyl (C=O) groups is 1. The molecule has 25 heavy (non-hydrogen) atoms. The number of hydrogen-bond donors (Lipinski definition) is 1. The average molecular weight is 381 g/mol. The van der Waals surface area contributed by atoms with Gasteiger partial charge in [-0.15, -0.1) is 11.3 Å². The molecule has 1 amide bonds. The molecule has 3 rings (SSSR count). The van der Waals surface area contributed by atoms with Gasteiger partial charge in [-0.05, 0) is 24.3 Å². The Kier molecular flexibility index (Phi) is 5.71. The fourth-order valence-corrected chi connectivity index (χ4v) is 4.20. The Morgan fingerprint density at radius 3 is 2.80 bits per heavy atom. The Bertz CT molecular complexity index is 736. The topological polar surface area (TPSA) is 50.8 Å². The maximum Gasteiger partial charge on any atom is 0.242 e. The molecule has 134 valence electrons. The first-order valence-corrected chi connectivity index (χ1v) is 9.38. The van der Waals surface area contributed by atoms with Gasteiger partial charge in [-0.25, -0.2) is 0 Å². The van der Waals surface area contributed by atoms with Gasteiger partial charge in [0, 0.05) is 23.6 Å². The summed E-state index contributed by atoms with van der Waals surface area (Å²) in [5, 5.41) is 5.67. The van der Waals surface area contributed by atoms with Crippen LogP contribution in [0.3, 0.4) is 0 Å². The van der Waals surface area contributed by atoms with Crippen molar-refractivity contribution in [3.05, 3.63) is 39.5 Å². The lowest BCUT2D eigenvalue weighted by molar-refractivity contribution is -0.130. The molecule has 7 heteroatoms. The maximum absolute atomic E-state index is 12.7. The summed E-state index contributed by atoms with van der Waals surface area (Å²) in [6.45, 7) is 0.986. The van der Waals surface area contributed by atoms with Crippen molar-refractivity contribution < 1.29 is 14.3 Å². The largest absolute Gasteiger partial charge is 0.493 e. The van der Waals surface area contributed by atoms with Crippen molar-refractivity contribution in [2.75, 3.05) is 32.6 Å². The number of nitrogens with one attached hydrogen (secondary N) is 1. The van der Waals surface area contributed by atoms with Gasteiger partial charge in [0.2, 0.25) is 5.91 Å². The minimum Gasteiger partial charge on any atom is -0.493 e.